The summed E-state index contributed by atoms with van der Waals surface area (Å²) in [5.41, 5.74) is 0.919. The fourth-order valence-electron chi connectivity index (χ4n) is 1.78. The van der Waals surface area contributed by atoms with Gasteiger partial charge in [0.1, 0.15) is 0 Å². The van der Waals surface area contributed by atoms with Gasteiger partial charge in [-0.05, 0) is 25.0 Å². The Balaban J connectivity index is 2.96. The van der Waals surface area contributed by atoms with E-state index in [4.69, 9.17) is 0 Å². The summed E-state index contributed by atoms with van der Waals surface area (Å²) in [4.78, 5) is 12.2. The van der Waals surface area contributed by atoms with E-state index in [1.54, 1.807) is 23.9 Å². The minimum atomic E-state index is -0.408. The fraction of sp³-hybridized carbons (Fsp3) is 0.400. The molecule has 0 radical (unpaired) electrons. The highest BCUT2D eigenvalue weighted by molar-refractivity contribution is 8.03. The van der Waals surface area contributed by atoms with Crippen molar-refractivity contribution in [3.8, 4) is 6.07 Å². The SMILES string of the molecule is CCC/C(C#N)=C(/CCC)Sc1ccc([N+](=O)[O-])cc1. The molecule has 0 N–H and O–H groups in total. The molecule has 1 aromatic rings. The van der Waals surface area contributed by atoms with Gasteiger partial charge in [-0.2, -0.15) is 5.26 Å². The van der Waals surface area contributed by atoms with Crippen molar-refractivity contribution in [1.29, 1.82) is 5.26 Å². The molecule has 0 bridgehead atoms. The Labute approximate surface area is 123 Å². The van der Waals surface area contributed by atoms with Crippen LogP contribution in [0.2, 0.25) is 0 Å². The molecule has 0 aliphatic rings. The molecular weight excluding hydrogens is 272 g/mol. The maximum absolute atomic E-state index is 10.6. The molecule has 0 aliphatic heterocycles. The lowest BCUT2D eigenvalue weighted by Crippen LogP contribution is -1.89. The van der Waals surface area contributed by atoms with Gasteiger partial charge in [0, 0.05) is 27.5 Å². The third-order valence-electron chi connectivity index (χ3n) is 2.74. The highest BCUT2D eigenvalue weighted by Crippen LogP contribution is 2.34. The van der Waals surface area contributed by atoms with Crippen molar-refractivity contribution in [3.05, 3.63) is 44.9 Å². The van der Waals surface area contributed by atoms with E-state index < -0.39 is 4.92 Å². The van der Waals surface area contributed by atoms with Crippen molar-refractivity contribution in [2.45, 2.75) is 44.4 Å². The van der Waals surface area contributed by atoms with E-state index in [1.165, 1.54) is 12.1 Å². The van der Waals surface area contributed by atoms with Crippen LogP contribution in [-0.4, -0.2) is 4.92 Å². The van der Waals surface area contributed by atoms with Crippen molar-refractivity contribution >= 4 is 17.4 Å². The highest BCUT2D eigenvalue weighted by atomic mass is 32.2. The monoisotopic (exact) mass is 290 g/mol. The van der Waals surface area contributed by atoms with E-state index in [0.717, 1.165) is 41.1 Å². The lowest BCUT2D eigenvalue weighted by Gasteiger charge is -2.09. The first-order chi connectivity index (χ1) is 9.62. The van der Waals surface area contributed by atoms with Gasteiger partial charge in [-0.25, -0.2) is 0 Å². The quantitative estimate of drug-likeness (QED) is 0.304. The zero-order valence-electron chi connectivity index (χ0n) is 11.8. The molecular formula is C15H18N2O2S. The van der Waals surface area contributed by atoms with E-state index in [1.807, 2.05) is 0 Å². The second-order valence-corrected chi connectivity index (χ2v) is 5.53. The minimum Gasteiger partial charge on any atom is -0.258 e. The van der Waals surface area contributed by atoms with E-state index in [2.05, 4.69) is 19.9 Å². The second-order valence-electron chi connectivity index (χ2n) is 4.37. The topological polar surface area (TPSA) is 66.9 Å². The Bertz CT molecular complexity index is 530. The first kappa shape index (κ1) is 16.3. The van der Waals surface area contributed by atoms with Crippen LogP contribution < -0.4 is 0 Å². The Kier molecular flexibility index (Phi) is 6.82. The molecule has 1 aromatic carbocycles. The number of hydrogen-bond acceptors (Lipinski definition) is 4. The van der Waals surface area contributed by atoms with Gasteiger partial charge in [0.15, 0.2) is 0 Å². The van der Waals surface area contributed by atoms with Crippen LogP contribution in [0.15, 0.2) is 39.6 Å². The van der Waals surface area contributed by atoms with Crippen LogP contribution in [0.5, 0.6) is 0 Å². The van der Waals surface area contributed by atoms with Crippen molar-refractivity contribution in [2.24, 2.45) is 0 Å². The van der Waals surface area contributed by atoms with Gasteiger partial charge in [-0.15, -0.1) is 0 Å². The number of nitrogens with zero attached hydrogens (tertiary/aromatic N) is 2. The first-order valence-corrected chi connectivity index (χ1v) is 7.48. The van der Waals surface area contributed by atoms with Crippen LogP contribution >= 0.6 is 11.8 Å². The van der Waals surface area contributed by atoms with E-state index in [0.29, 0.717) is 0 Å². The smallest absolute Gasteiger partial charge is 0.258 e. The maximum Gasteiger partial charge on any atom is 0.269 e. The molecule has 0 fully saturated rings. The second kappa shape index (κ2) is 8.39. The number of nitriles is 1. The molecule has 4 nitrogen and oxygen atoms in total. The van der Waals surface area contributed by atoms with Crippen molar-refractivity contribution in [1.82, 2.24) is 0 Å². The summed E-state index contributed by atoms with van der Waals surface area (Å²) in [5.74, 6) is 0. The van der Waals surface area contributed by atoms with Crippen molar-refractivity contribution < 1.29 is 4.92 Å². The Hall–Kier alpha value is -1.80. The summed E-state index contributed by atoms with van der Waals surface area (Å²) < 4.78 is 0. The normalized spacial score (nSPS) is 11.7. The Morgan fingerprint density at radius 3 is 2.30 bits per heavy atom. The molecule has 0 amide bonds. The molecule has 5 heteroatoms. The fourth-order valence-corrected chi connectivity index (χ4v) is 2.91. The summed E-state index contributed by atoms with van der Waals surface area (Å²) in [6.45, 7) is 4.13. The van der Waals surface area contributed by atoms with Crippen LogP contribution in [0.3, 0.4) is 0 Å². The summed E-state index contributed by atoms with van der Waals surface area (Å²) >= 11 is 1.54. The number of allylic oxidation sites excluding steroid dienone is 2. The third-order valence-corrected chi connectivity index (χ3v) is 3.94. The van der Waals surface area contributed by atoms with Crippen LogP contribution in [0.4, 0.5) is 5.69 Å². The first-order valence-electron chi connectivity index (χ1n) is 6.66. The minimum absolute atomic E-state index is 0.0874. The summed E-state index contributed by atoms with van der Waals surface area (Å²) in [5, 5.41) is 19.9. The van der Waals surface area contributed by atoms with Gasteiger partial charge in [0.05, 0.1) is 11.0 Å². The molecule has 0 unspecified atom stereocenters. The van der Waals surface area contributed by atoms with Gasteiger partial charge in [0.25, 0.3) is 5.69 Å². The Morgan fingerprint density at radius 2 is 1.85 bits per heavy atom. The summed E-state index contributed by atoms with van der Waals surface area (Å²) in [6, 6.07) is 8.75. The molecule has 0 heterocycles. The largest absolute Gasteiger partial charge is 0.269 e. The molecule has 0 spiro atoms. The molecule has 0 aliphatic carbocycles. The molecule has 1 rings (SSSR count). The van der Waals surface area contributed by atoms with Gasteiger partial charge < -0.3 is 0 Å². The standard InChI is InChI=1S/C15H18N2O2S/c1-3-5-12(11-16)15(6-4-2)20-14-9-7-13(8-10-14)17(18)19/h7-10H,3-6H2,1-2H3/b15-12+. The summed E-state index contributed by atoms with van der Waals surface area (Å²) in [6.07, 6.45) is 3.57. The predicted molar refractivity (Wildman–Crippen MR) is 81.4 cm³/mol. The van der Waals surface area contributed by atoms with Crippen LogP contribution in [0.1, 0.15) is 39.5 Å². The molecule has 0 atom stereocenters. The number of hydrogen-bond donors (Lipinski definition) is 0. The van der Waals surface area contributed by atoms with E-state index >= 15 is 0 Å². The number of non-ortho nitro benzene ring substituents is 1. The third kappa shape index (κ3) is 4.71. The number of thioether (sulfide) groups is 1. The summed E-state index contributed by atoms with van der Waals surface area (Å²) in [7, 11) is 0. The number of rotatable bonds is 7. The Morgan fingerprint density at radius 1 is 1.25 bits per heavy atom. The predicted octanol–water partition coefficient (Wildman–Crippen LogP) is 5.06. The van der Waals surface area contributed by atoms with Gasteiger partial charge >= 0.3 is 0 Å². The number of nitro groups is 1. The number of nitro benzene ring substituents is 1. The average molecular weight is 290 g/mol. The van der Waals surface area contributed by atoms with Gasteiger partial charge in [-0.1, -0.05) is 38.5 Å². The van der Waals surface area contributed by atoms with E-state index in [9.17, 15) is 15.4 Å². The number of benzene rings is 1. The molecule has 0 saturated heterocycles. The lowest BCUT2D eigenvalue weighted by atomic mass is 10.1. The lowest BCUT2D eigenvalue weighted by molar-refractivity contribution is -0.384. The van der Waals surface area contributed by atoms with Crippen molar-refractivity contribution in [3.63, 3.8) is 0 Å². The zero-order valence-corrected chi connectivity index (χ0v) is 12.6. The zero-order chi connectivity index (χ0) is 15.0. The van der Waals surface area contributed by atoms with Crippen LogP contribution in [0.25, 0.3) is 0 Å². The molecule has 106 valence electrons. The van der Waals surface area contributed by atoms with Crippen LogP contribution in [0, 0.1) is 21.4 Å². The highest BCUT2D eigenvalue weighted by Gasteiger charge is 2.09. The average Bonchev–Trinajstić information content (AvgIpc) is 2.45. The van der Waals surface area contributed by atoms with Crippen LogP contribution in [-0.2, 0) is 0 Å². The molecule has 0 saturated carbocycles. The maximum atomic E-state index is 10.6. The van der Waals surface area contributed by atoms with Gasteiger partial charge in [0.2, 0.25) is 0 Å². The molecule has 20 heavy (non-hydrogen) atoms. The van der Waals surface area contributed by atoms with Gasteiger partial charge in [-0.3, -0.25) is 10.1 Å². The van der Waals surface area contributed by atoms with E-state index in [-0.39, 0.29) is 5.69 Å². The molecule has 0 aromatic heterocycles. The van der Waals surface area contributed by atoms with Crippen molar-refractivity contribution in [2.75, 3.05) is 0 Å².